The van der Waals surface area contributed by atoms with E-state index in [0.29, 0.717) is 0 Å². The quantitative estimate of drug-likeness (QED) is 0.795. The van der Waals surface area contributed by atoms with E-state index in [1.807, 2.05) is 0 Å². The van der Waals surface area contributed by atoms with Crippen LogP contribution in [0.15, 0.2) is 0 Å². The topological polar surface area (TPSA) is 21.3 Å². The first-order valence-electron chi connectivity index (χ1n) is 9.70. The number of nitrogens with one attached hydrogen (secondary N) is 1. The third-order valence-corrected chi connectivity index (χ3v) is 6.34. The summed E-state index contributed by atoms with van der Waals surface area (Å²) in [4.78, 5) is 0. The number of hydrogen-bond acceptors (Lipinski definition) is 2. The highest BCUT2D eigenvalue weighted by molar-refractivity contribution is 4.95. The van der Waals surface area contributed by atoms with Crippen LogP contribution in [0, 0.1) is 11.8 Å². The lowest BCUT2D eigenvalue weighted by molar-refractivity contribution is -0.124. The van der Waals surface area contributed by atoms with E-state index >= 15 is 0 Å². The second-order valence-corrected chi connectivity index (χ2v) is 7.87. The Bertz CT molecular complexity index is 299. The minimum atomic E-state index is 0.270. The molecular weight excluding hydrogens is 258 g/mol. The minimum absolute atomic E-state index is 0.270. The summed E-state index contributed by atoms with van der Waals surface area (Å²) in [6, 6.07) is 0.773. The van der Waals surface area contributed by atoms with E-state index in [4.69, 9.17) is 4.74 Å². The summed E-state index contributed by atoms with van der Waals surface area (Å²) in [6.45, 7) is 4.51. The van der Waals surface area contributed by atoms with Crippen LogP contribution in [-0.2, 0) is 4.74 Å². The van der Waals surface area contributed by atoms with Crippen molar-refractivity contribution in [3.05, 3.63) is 0 Å². The third kappa shape index (κ3) is 3.82. The largest absolute Gasteiger partial charge is 0.375 e. The van der Waals surface area contributed by atoms with Crippen molar-refractivity contribution in [2.45, 2.75) is 95.6 Å². The highest BCUT2D eigenvalue weighted by Crippen LogP contribution is 2.44. The summed E-state index contributed by atoms with van der Waals surface area (Å²) in [5.74, 6) is 1.81. The molecule has 1 spiro atoms. The van der Waals surface area contributed by atoms with E-state index in [1.54, 1.807) is 0 Å². The van der Waals surface area contributed by atoms with Gasteiger partial charge in [-0.15, -0.1) is 0 Å². The van der Waals surface area contributed by atoms with Crippen molar-refractivity contribution in [2.75, 3.05) is 13.2 Å². The fourth-order valence-corrected chi connectivity index (χ4v) is 5.26. The Morgan fingerprint density at radius 2 is 1.76 bits per heavy atom. The monoisotopic (exact) mass is 293 g/mol. The van der Waals surface area contributed by atoms with E-state index < -0.39 is 0 Å². The lowest BCUT2D eigenvalue weighted by Gasteiger charge is -2.46. The van der Waals surface area contributed by atoms with E-state index in [9.17, 15) is 0 Å². The van der Waals surface area contributed by atoms with Crippen LogP contribution in [0.5, 0.6) is 0 Å². The molecule has 1 saturated heterocycles. The molecule has 1 aliphatic heterocycles. The molecule has 2 atom stereocenters. The summed E-state index contributed by atoms with van der Waals surface area (Å²) >= 11 is 0. The Morgan fingerprint density at radius 3 is 2.48 bits per heavy atom. The molecule has 2 saturated carbocycles. The lowest BCUT2D eigenvalue weighted by Crippen LogP contribution is -2.50. The van der Waals surface area contributed by atoms with Gasteiger partial charge in [0, 0.05) is 12.6 Å². The fraction of sp³-hybridized carbons (Fsp3) is 1.00. The maximum absolute atomic E-state index is 6.33. The number of rotatable bonds is 5. The smallest absolute Gasteiger partial charge is 0.0685 e. The van der Waals surface area contributed by atoms with Gasteiger partial charge in [-0.25, -0.2) is 0 Å². The zero-order valence-electron chi connectivity index (χ0n) is 14.0. The zero-order valence-corrected chi connectivity index (χ0v) is 14.0. The molecule has 0 amide bonds. The highest BCUT2D eigenvalue weighted by atomic mass is 16.5. The van der Waals surface area contributed by atoms with E-state index in [1.165, 1.54) is 83.6 Å². The van der Waals surface area contributed by atoms with Crippen LogP contribution in [0.3, 0.4) is 0 Å². The summed E-state index contributed by atoms with van der Waals surface area (Å²) in [6.07, 6.45) is 16.6. The molecular formula is C19H35NO. The van der Waals surface area contributed by atoms with Crippen LogP contribution in [0.25, 0.3) is 0 Å². The summed E-state index contributed by atoms with van der Waals surface area (Å²) in [7, 11) is 0. The molecule has 2 nitrogen and oxygen atoms in total. The van der Waals surface area contributed by atoms with Gasteiger partial charge in [0.25, 0.3) is 0 Å². The lowest BCUT2D eigenvalue weighted by atomic mass is 9.71. The Morgan fingerprint density at radius 1 is 1.00 bits per heavy atom. The molecule has 2 heteroatoms. The standard InChI is InChI=1S/C19H35NO/c1-2-13-20-18(16-8-4-5-9-16)17-10-14-21-19(15-17)11-6-3-7-12-19/h16-18,20H,2-15H2,1H3. The SMILES string of the molecule is CCCNC(C1CCCC1)C1CCOC2(CCCCC2)C1. The molecule has 122 valence electrons. The molecule has 3 rings (SSSR count). The molecule has 1 N–H and O–H groups in total. The van der Waals surface area contributed by atoms with Gasteiger partial charge in [-0.05, 0) is 63.3 Å². The molecule has 1 heterocycles. The molecule has 21 heavy (non-hydrogen) atoms. The van der Waals surface area contributed by atoms with Crippen molar-refractivity contribution in [1.82, 2.24) is 5.32 Å². The second-order valence-electron chi connectivity index (χ2n) is 7.87. The van der Waals surface area contributed by atoms with Gasteiger partial charge in [-0.1, -0.05) is 39.0 Å². The van der Waals surface area contributed by atoms with Gasteiger partial charge in [-0.3, -0.25) is 0 Å². The predicted octanol–water partition coefficient (Wildman–Crippen LogP) is 4.67. The van der Waals surface area contributed by atoms with Crippen LogP contribution in [0.2, 0.25) is 0 Å². The average Bonchev–Trinajstić information content (AvgIpc) is 3.03. The predicted molar refractivity (Wildman–Crippen MR) is 88.5 cm³/mol. The van der Waals surface area contributed by atoms with Gasteiger partial charge in [0.15, 0.2) is 0 Å². The van der Waals surface area contributed by atoms with Crippen LogP contribution in [0.4, 0.5) is 0 Å². The van der Waals surface area contributed by atoms with Crippen LogP contribution >= 0.6 is 0 Å². The van der Waals surface area contributed by atoms with Gasteiger partial charge in [0.2, 0.25) is 0 Å². The fourth-order valence-electron chi connectivity index (χ4n) is 5.26. The minimum Gasteiger partial charge on any atom is -0.375 e. The van der Waals surface area contributed by atoms with Gasteiger partial charge in [-0.2, -0.15) is 0 Å². The van der Waals surface area contributed by atoms with E-state index in [-0.39, 0.29) is 5.60 Å². The zero-order chi connectivity index (χ0) is 14.5. The second kappa shape index (κ2) is 7.46. The van der Waals surface area contributed by atoms with Crippen molar-refractivity contribution < 1.29 is 4.74 Å². The average molecular weight is 293 g/mol. The van der Waals surface area contributed by atoms with Crippen molar-refractivity contribution in [3.8, 4) is 0 Å². The van der Waals surface area contributed by atoms with Gasteiger partial charge in [0.05, 0.1) is 5.60 Å². The first-order chi connectivity index (χ1) is 10.3. The number of hydrogen-bond donors (Lipinski definition) is 1. The van der Waals surface area contributed by atoms with Crippen LogP contribution < -0.4 is 5.32 Å². The Kier molecular flexibility index (Phi) is 5.61. The molecule has 3 fully saturated rings. The third-order valence-electron chi connectivity index (χ3n) is 6.34. The highest BCUT2D eigenvalue weighted by Gasteiger charge is 2.42. The molecule has 3 aliphatic rings. The van der Waals surface area contributed by atoms with Crippen molar-refractivity contribution >= 4 is 0 Å². The molecule has 0 aromatic heterocycles. The maximum Gasteiger partial charge on any atom is 0.0685 e. The van der Waals surface area contributed by atoms with Crippen molar-refractivity contribution in [3.63, 3.8) is 0 Å². The molecule has 2 aliphatic carbocycles. The van der Waals surface area contributed by atoms with Gasteiger partial charge < -0.3 is 10.1 Å². The molecule has 0 radical (unpaired) electrons. The first kappa shape index (κ1) is 15.8. The van der Waals surface area contributed by atoms with Gasteiger partial charge in [0.1, 0.15) is 0 Å². The summed E-state index contributed by atoms with van der Waals surface area (Å²) in [5.41, 5.74) is 0.270. The molecule has 0 aromatic rings. The van der Waals surface area contributed by atoms with Crippen LogP contribution in [0.1, 0.15) is 84.0 Å². The van der Waals surface area contributed by atoms with Crippen LogP contribution in [-0.4, -0.2) is 24.8 Å². The number of ether oxygens (including phenoxy) is 1. The van der Waals surface area contributed by atoms with Gasteiger partial charge >= 0.3 is 0 Å². The molecule has 0 aromatic carbocycles. The van der Waals surface area contributed by atoms with Crippen molar-refractivity contribution in [1.29, 1.82) is 0 Å². The van der Waals surface area contributed by atoms with E-state index in [2.05, 4.69) is 12.2 Å². The summed E-state index contributed by atoms with van der Waals surface area (Å²) < 4.78 is 6.33. The molecule has 0 bridgehead atoms. The van der Waals surface area contributed by atoms with Crippen molar-refractivity contribution in [2.24, 2.45) is 11.8 Å². The van der Waals surface area contributed by atoms with E-state index in [0.717, 1.165) is 24.5 Å². The normalized spacial score (nSPS) is 31.6. The maximum atomic E-state index is 6.33. The summed E-state index contributed by atoms with van der Waals surface area (Å²) in [5, 5.41) is 3.95. The first-order valence-corrected chi connectivity index (χ1v) is 9.70. The Labute approximate surface area is 131 Å². The Hall–Kier alpha value is -0.0800. The Balaban J connectivity index is 1.65. The molecule has 2 unspecified atom stereocenters.